The maximum Gasteiger partial charge on any atom is 0.257 e. The van der Waals surface area contributed by atoms with Crippen molar-refractivity contribution in [3.8, 4) is 16.3 Å². The molecule has 1 fully saturated rings. The molecule has 0 bridgehead atoms. The molecule has 5 rings (SSSR count). The van der Waals surface area contributed by atoms with E-state index in [9.17, 15) is 4.79 Å². The highest BCUT2D eigenvalue weighted by Gasteiger charge is 2.27. The number of amides is 1. The molecule has 1 aliphatic heterocycles. The average molecular weight is 473 g/mol. The number of ether oxygens (including phenoxy) is 1. The molecule has 1 amide bonds. The molecule has 0 radical (unpaired) electrons. The number of hydrogen-bond acceptors (Lipinski definition) is 5. The van der Waals surface area contributed by atoms with Crippen molar-refractivity contribution < 1.29 is 9.53 Å². The molecule has 1 saturated heterocycles. The fraction of sp³-hybridized carbons (Fsp3) is 0.259. The van der Waals surface area contributed by atoms with Gasteiger partial charge in [-0.05, 0) is 36.1 Å². The van der Waals surface area contributed by atoms with E-state index in [-0.39, 0.29) is 5.91 Å². The van der Waals surface area contributed by atoms with Crippen LogP contribution >= 0.6 is 11.3 Å². The third-order valence-corrected chi connectivity index (χ3v) is 6.88. The van der Waals surface area contributed by atoms with Gasteiger partial charge in [0.15, 0.2) is 0 Å². The summed E-state index contributed by atoms with van der Waals surface area (Å²) in [5.74, 6) is 0.937. The van der Waals surface area contributed by atoms with E-state index in [4.69, 9.17) is 9.84 Å². The van der Waals surface area contributed by atoms with Crippen LogP contribution in [0.2, 0.25) is 0 Å². The minimum atomic E-state index is 0.0421. The normalized spacial score (nSPS) is 13.8. The van der Waals surface area contributed by atoms with Crippen molar-refractivity contribution >= 4 is 22.9 Å². The molecular weight excluding hydrogens is 444 g/mol. The second-order valence-corrected chi connectivity index (χ2v) is 9.18. The van der Waals surface area contributed by atoms with Gasteiger partial charge in [-0.3, -0.25) is 9.48 Å². The highest BCUT2D eigenvalue weighted by atomic mass is 32.1. The highest BCUT2D eigenvalue weighted by Crippen LogP contribution is 2.31. The highest BCUT2D eigenvalue weighted by molar-refractivity contribution is 7.13. The number of para-hydroxylation sites is 2. The number of nitrogens with zero attached hydrogens (tertiary/aromatic N) is 4. The predicted molar refractivity (Wildman–Crippen MR) is 137 cm³/mol. The number of piperazine rings is 1. The summed E-state index contributed by atoms with van der Waals surface area (Å²) in [6, 6.07) is 22.3. The van der Waals surface area contributed by atoms with Gasteiger partial charge in [0.2, 0.25) is 0 Å². The fourth-order valence-electron chi connectivity index (χ4n) is 4.34. The number of benzene rings is 2. The summed E-state index contributed by atoms with van der Waals surface area (Å²) in [6.45, 7) is 6.11. The van der Waals surface area contributed by atoms with Crippen LogP contribution in [0.5, 0.6) is 5.75 Å². The first-order chi connectivity index (χ1) is 16.7. The topological polar surface area (TPSA) is 50.6 Å². The van der Waals surface area contributed by atoms with E-state index in [2.05, 4.69) is 23.1 Å². The lowest BCUT2D eigenvalue weighted by molar-refractivity contribution is 0.0747. The minimum absolute atomic E-state index is 0.0421. The number of carbonyl (C=O) groups is 1. The van der Waals surface area contributed by atoms with Crippen molar-refractivity contribution in [2.75, 3.05) is 37.7 Å². The molecule has 0 spiro atoms. The van der Waals surface area contributed by atoms with E-state index in [1.165, 1.54) is 0 Å². The molecule has 4 aromatic rings. The zero-order valence-electron chi connectivity index (χ0n) is 19.3. The van der Waals surface area contributed by atoms with Gasteiger partial charge in [0, 0.05) is 32.4 Å². The molecule has 0 saturated carbocycles. The quantitative estimate of drug-likeness (QED) is 0.379. The minimum Gasteiger partial charge on any atom is -0.492 e. The second kappa shape index (κ2) is 10.1. The van der Waals surface area contributed by atoms with Gasteiger partial charge in [-0.2, -0.15) is 5.10 Å². The Kier molecular flexibility index (Phi) is 6.62. The Labute approximate surface area is 204 Å². The zero-order valence-corrected chi connectivity index (χ0v) is 20.1. The van der Waals surface area contributed by atoms with Crippen LogP contribution in [0, 0.1) is 0 Å². The molecule has 7 heteroatoms. The summed E-state index contributed by atoms with van der Waals surface area (Å²) in [4.78, 5) is 18.9. The van der Waals surface area contributed by atoms with Crippen LogP contribution in [0.3, 0.4) is 0 Å². The number of anilines is 1. The molecule has 34 heavy (non-hydrogen) atoms. The zero-order chi connectivity index (χ0) is 23.3. The van der Waals surface area contributed by atoms with Crippen molar-refractivity contribution in [1.29, 1.82) is 0 Å². The third-order valence-electron chi connectivity index (χ3n) is 6.01. The van der Waals surface area contributed by atoms with Gasteiger partial charge in [0.1, 0.15) is 11.4 Å². The first kappa shape index (κ1) is 22.2. The lowest BCUT2D eigenvalue weighted by atomic mass is 10.1. The fourth-order valence-corrected chi connectivity index (χ4v) is 5.06. The lowest BCUT2D eigenvalue weighted by Gasteiger charge is -2.36. The summed E-state index contributed by atoms with van der Waals surface area (Å²) < 4.78 is 7.69. The molecular formula is C27H28N4O2S. The molecule has 0 atom stereocenters. The number of carbonyl (C=O) groups excluding carboxylic acids is 1. The van der Waals surface area contributed by atoms with Crippen molar-refractivity contribution in [2.24, 2.45) is 0 Å². The third kappa shape index (κ3) is 4.70. The lowest BCUT2D eigenvalue weighted by Crippen LogP contribution is -2.49. The molecule has 2 aromatic heterocycles. The van der Waals surface area contributed by atoms with Gasteiger partial charge in [0.05, 0.1) is 29.3 Å². The van der Waals surface area contributed by atoms with Gasteiger partial charge in [0.25, 0.3) is 5.91 Å². The summed E-state index contributed by atoms with van der Waals surface area (Å²) in [5, 5.41) is 6.83. The molecule has 3 heterocycles. The number of aromatic nitrogens is 2. The Hall–Kier alpha value is -3.58. The van der Waals surface area contributed by atoms with Crippen LogP contribution in [-0.4, -0.2) is 53.4 Å². The van der Waals surface area contributed by atoms with Crippen molar-refractivity contribution in [1.82, 2.24) is 14.7 Å². The largest absolute Gasteiger partial charge is 0.492 e. The number of thiophene rings is 1. The van der Waals surface area contributed by atoms with Gasteiger partial charge in [-0.15, -0.1) is 11.3 Å². The van der Waals surface area contributed by atoms with Gasteiger partial charge in [-0.1, -0.05) is 48.5 Å². The summed E-state index contributed by atoms with van der Waals surface area (Å²) in [7, 11) is 0. The SMILES string of the molecule is CCOc1ccccc1N1CCN(C(=O)c2cn(Cc3ccccc3)nc2-c2cccs2)CC1. The van der Waals surface area contributed by atoms with Crippen LogP contribution in [0.25, 0.3) is 10.6 Å². The Balaban J connectivity index is 1.34. The van der Waals surface area contributed by atoms with Crippen LogP contribution in [-0.2, 0) is 6.54 Å². The summed E-state index contributed by atoms with van der Waals surface area (Å²) in [5.41, 5.74) is 3.68. The smallest absolute Gasteiger partial charge is 0.257 e. The first-order valence-corrected chi connectivity index (χ1v) is 12.5. The van der Waals surface area contributed by atoms with E-state index < -0.39 is 0 Å². The van der Waals surface area contributed by atoms with Gasteiger partial charge >= 0.3 is 0 Å². The maximum atomic E-state index is 13.6. The molecule has 1 aliphatic rings. The Morgan fingerprint density at radius 3 is 2.47 bits per heavy atom. The van der Waals surface area contributed by atoms with E-state index in [0.717, 1.165) is 40.7 Å². The Bertz CT molecular complexity index is 1230. The first-order valence-electron chi connectivity index (χ1n) is 11.6. The van der Waals surface area contributed by atoms with Crippen molar-refractivity contribution in [3.63, 3.8) is 0 Å². The standard InChI is InChI=1S/C27H28N4O2S/c1-2-33-24-12-7-6-11-23(24)29-14-16-30(17-15-29)27(32)22-20-31(19-21-9-4-3-5-10-21)28-26(22)25-13-8-18-34-25/h3-13,18,20H,2,14-17,19H2,1H3. The van der Waals surface area contributed by atoms with Crippen LogP contribution in [0.15, 0.2) is 78.3 Å². The number of hydrogen-bond donors (Lipinski definition) is 0. The van der Waals surface area contributed by atoms with Crippen molar-refractivity contribution in [3.05, 3.63) is 89.4 Å². The van der Waals surface area contributed by atoms with E-state index in [1.807, 2.05) is 76.6 Å². The molecule has 6 nitrogen and oxygen atoms in total. The summed E-state index contributed by atoms with van der Waals surface area (Å²) in [6.07, 6.45) is 1.90. The van der Waals surface area contributed by atoms with E-state index in [1.54, 1.807) is 11.3 Å². The predicted octanol–water partition coefficient (Wildman–Crippen LogP) is 5.02. The maximum absolute atomic E-state index is 13.6. The molecule has 0 N–H and O–H groups in total. The van der Waals surface area contributed by atoms with E-state index >= 15 is 0 Å². The van der Waals surface area contributed by atoms with Gasteiger partial charge in [-0.25, -0.2) is 0 Å². The Morgan fingerprint density at radius 1 is 0.971 bits per heavy atom. The summed E-state index contributed by atoms with van der Waals surface area (Å²) >= 11 is 1.61. The van der Waals surface area contributed by atoms with Gasteiger partial charge < -0.3 is 14.5 Å². The van der Waals surface area contributed by atoms with Crippen LogP contribution < -0.4 is 9.64 Å². The van der Waals surface area contributed by atoms with Crippen LogP contribution in [0.4, 0.5) is 5.69 Å². The Morgan fingerprint density at radius 2 is 1.74 bits per heavy atom. The molecule has 2 aromatic carbocycles. The average Bonchev–Trinajstić information content (AvgIpc) is 3.55. The van der Waals surface area contributed by atoms with Crippen LogP contribution in [0.1, 0.15) is 22.8 Å². The molecule has 0 aliphatic carbocycles. The molecule has 174 valence electrons. The molecule has 0 unspecified atom stereocenters. The van der Waals surface area contributed by atoms with Crippen molar-refractivity contribution in [2.45, 2.75) is 13.5 Å². The van der Waals surface area contributed by atoms with E-state index in [0.29, 0.717) is 31.8 Å². The monoisotopic (exact) mass is 472 g/mol. The second-order valence-electron chi connectivity index (χ2n) is 8.23. The number of rotatable bonds is 7.